The number of rotatable bonds is 8. The van der Waals surface area contributed by atoms with Crippen LogP contribution in [-0.4, -0.2) is 69.4 Å². The zero-order valence-electron chi connectivity index (χ0n) is 18.7. The molecule has 32 heavy (non-hydrogen) atoms. The second-order valence-corrected chi connectivity index (χ2v) is 8.33. The van der Waals surface area contributed by atoms with E-state index in [1.54, 1.807) is 4.90 Å². The van der Waals surface area contributed by atoms with Crippen molar-refractivity contribution < 1.29 is 14.3 Å². The lowest BCUT2D eigenvalue weighted by molar-refractivity contribution is -0.137. The minimum absolute atomic E-state index is 0.0207. The molecule has 2 amide bonds. The van der Waals surface area contributed by atoms with Crippen LogP contribution in [0.5, 0.6) is 0 Å². The molecule has 0 aromatic carbocycles. The molecule has 2 aromatic heterocycles. The first kappa shape index (κ1) is 22.1. The van der Waals surface area contributed by atoms with Gasteiger partial charge in [0.2, 0.25) is 17.8 Å². The molecule has 9 nitrogen and oxygen atoms in total. The van der Waals surface area contributed by atoms with Crippen molar-refractivity contribution in [2.45, 2.75) is 45.6 Å². The maximum Gasteiger partial charge on any atom is 0.249 e. The largest absolute Gasteiger partial charge is 0.370 e. The molecule has 4 rings (SSSR count). The molecule has 1 N–H and O–H groups in total. The minimum Gasteiger partial charge on any atom is -0.370 e. The Morgan fingerprint density at radius 1 is 1.16 bits per heavy atom. The second kappa shape index (κ2) is 10.0. The number of pyridine rings is 1. The molecule has 2 fully saturated rings. The summed E-state index contributed by atoms with van der Waals surface area (Å²) in [6.07, 6.45) is 3.32. The lowest BCUT2D eigenvalue weighted by Gasteiger charge is -2.25. The van der Waals surface area contributed by atoms with Crippen LogP contribution in [0.2, 0.25) is 0 Å². The van der Waals surface area contributed by atoms with Gasteiger partial charge >= 0.3 is 0 Å². The van der Waals surface area contributed by atoms with E-state index in [9.17, 15) is 9.59 Å². The smallest absolute Gasteiger partial charge is 0.249 e. The lowest BCUT2D eigenvalue weighted by Crippen LogP contribution is -2.35. The average molecular weight is 439 g/mol. The van der Waals surface area contributed by atoms with Crippen molar-refractivity contribution in [1.82, 2.24) is 24.8 Å². The number of amides is 2. The van der Waals surface area contributed by atoms with Gasteiger partial charge in [-0.05, 0) is 51.3 Å². The molecule has 0 aliphatic carbocycles. The van der Waals surface area contributed by atoms with E-state index in [4.69, 9.17) is 9.72 Å². The number of anilines is 2. The number of aromatic nitrogens is 3. The first-order chi connectivity index (χ1) is 15.5. The monoisotopic (exact) mass is 438 g/mol. The number of carbonyl (C=O) groups excluding carboxylic acids is 2. The molecule has 1 atom stereocenters. The molecule has 0 saturated carbocycles. The highest BCUT2D eigenvalue weighted by atomic mass is 16.5. The van der Waals surface area contributed by atoms with Gasteiger partial charge in [0.15, 0.2) is 0 Å². The fourth-order valence-electron chi connectivity index (χ4n) is 4.33. The molecule has 2 aliphatic heterocycles. The standard InChI is InChI=1S/C23H30N6O3/c1-16-14-17(2)25-23(24-16)27-20-8-3-6-18(26-20)19-7-4-11-29(19)22(31)15-32-13-12-28-10-5-9-21(28)30/h3,6,8,14,19H,4-5,7,9-13,15H2,1-2H3,(H,24,25,26,27)/t19-/m1/s1. The molecule has 0 unspecified atom stereocenters. The summed E-state index contributed by atoms with van der Waals surface area (Å²) in [5, 5.41) is 3.17. The van der Waals surface area contributed by atoms with Crippen LogP contribution in [0, 0.1) is 13.8 Å². The van der Waals surface area contributed by atoms with Crippen molar-refractivity contribution in [2.24, 2.45) is 0 Å². The zero-order valence-corrected chi connectivity index (χ0v) is 18.7. The topological polar surface area (TPSA) is 101 Å². The maximum absolute atomic E-state index is 12.8. The van der Waals surface area contributed by atoms with Crippen LogP contribution in [0.15, 0.2) is 24.3 Å². The van der Waals surface area contributed by atoms with Gasteiger partial charge in [0.1, 0.15) is 12.4 Å². The Bertz CT molecular complexity index is 962. The predicted octanol–water partition coefficient (Wildman–Crippen LogP) is 2.53. The van der Waals surface area contributed by atoms with Crippen LogP contribution in [-0.2, 0) is 14.3 Å². The number of hydrogen-bond acceptors (Lipinski definition) is 7. The van der Waals surface area contributed by atoms with Gasteiger partial charge in [0.05, 0.1) is 18.3 Å². The van der Waals surface area contributed by atoms with Gasteiger partial charge in [-0.1, -0.05) is 6.07 Å². The van der Waals surface area contributed by atoms with E-state index in [2.05, 4.69) is 15.3 Å². The van der Waals surface area contributed by atoms with E-state index in [1.807, 2.05) is 43.0 Å². The Balaban J connectivity index is 1.34. The summed E-state index contributed by atoms with van der Waals surface area (Å²) in [5.41, 5.74) is 2.61. The van der Waals surface area contributed by atoms with E-state index in [-0.39, 0.29) is 24.5 Å². The molecular weight excluding hydrogens is 408 g/mol. The fourth-order valence-corrected chi connectivity index (χ4v) is 4.33. The first-order valence-corrected chi connectivity index (χ1v) is 11.2. The van der Waals surface area contributed by atoms with Crippen molar-refractivity contribution in [2.75, 3.05) is 38.2 Å². The number of nitrogens with one attached hydrogen (secondary N) is 1. The van der Waals surface area contributed by atoms with Crippen molar-refractivity contribution in [3.05, 3.63) is 41.3 Å². The van der Waals surface area contributed by atoms with Gasteiger partial charge < -0.3 is 19.9 Å². The Morgan fingerprint density at radius 2 is 1.97 bits per heavy atom. The molecule has 170 valence electrons. The number of nitrogens with zero attached hydrogens (tertiary/aromatic N) is 5. The summed E-state index contributed by atoms with van der Waals surface area (Å²) < 4.78 is 5.59. The fraction of sp³-hybridized carbons (Fsp3) is 0.522. The molecule has 2 aromatic rings. The second-order valence-electron chi connectivity index (χ2n) is 8.33. The number of ether oxygens (including phenoxy) is 1. The molecule has 4 heterocycles. The van der Waals surface area contributed by atoms with Crippen LogP contribution in [0.1, 0.15) is 48.8 Å². The SMILES string of the molecule is Cc1cc(C)nc(Nc2cccc([C@H]3CCCN3C(=O)COCCN3CCCC3=O)n2)n1. The summed E-state index contributed by atoms with van der Waals surface area (Å²) in [6, 6.07) is 7.59. The van der Waals surface area contributed by atoms with Gasteiger partial charge in [-0.15, -0.1) is 0 Å². The molecule has 9 heteroatoms. The Labute approximate surface area is 188 Å². The van der Waals surface area contributed by atoms with E-state index in [0.29, 0.717) is 37.9 Å². The van der Waals surface area contributed by atoms with E-state index < -0.39 is 0 Å². The average Bonchev–Trinajstić information content (AvgIpc) is 3.40. The highest BCUT2D eigenvalue weighted by molar-refractivity contribution is 5.78. The van der Waals surface area contributed by atoms with Crippen LogP contribution in [0.25, 0.3) is 0 Å². The minimum atomic E-state index is -0.0758. The molecule has 0 bridgehead atoms. The summed E-state index contributed by atoms with van der Waals surface area (Å²) in [6.45, 7) is 6.28. The van der Waals surface area contributed by atoms with Gasteiger partial charge in [0.25, 0.3) is 0 Å². The van der Waals surface area contributed by atoms with Crippen molar-refractivity contribution >= 4 is 23.6 Å². The molecule has 2 aliphatic rings. The van der Waals surface area contributed by atoms with Crippen molar-refractivity contribution in [3.8, 4) is 0 Å². The van der Waals surface area contributed by atoms with E-state index in [0.717, 1.165) is 42.9 Å². The summed E-state index contributed by atoms with van der Waals surface area (Å²) >= 11 is 0. The molecule has 0 radical (unpaired) electrons. The van der Waals surface area contributed by atoms with Gasteiger partial charge in [-0.2, -0.15) is 0 Å². The van der Waals surface area contributed by atoms with Crippen LogP contribution in [0.3, 0.4) is 0 Å². The number of carbonyl (C=O) groups is 2. The first-order valence-electron chi connectivity index (χ1n) is 11.2. The van der Waals surface area contributed by atoms with Crippen molar-refractivity contribution in [3.63, 3.8) is 0 Å². The Morgan fingerprint density at radius 3 is 2.72 bits per heavy atom. The van der Waals surface area contributed by atoms with Crippen LogP contribution in [0.4, 0.5) is 11.8 Å². The third-order valence-electron chi connectivity index (χ3n) is 5.81. The molecule has 0 spiro atoms. The van der Waals surface area contributed by atoms with E-state index in [1.165, 1.54) is 0 Å². The van der Waals surface area contributed by atoms with Gasteiger partial charge in [-0.25, -0.2) is 15.0 Å². The van der Waals surface area contributed by atoms with E-state index >= 15 is 0 Å². The van der Waals surface area contributed by atoms with Gasteiger partial charge in [-0.3, -0.25) is 9.59 Å². The molecular formula is C23H30N6O3. The quantitative estimate of drug-likeness (QED) is 0.632. The maximum atomic E-state index is 12.8. The Kier molecular flexibility index (Phi) is 6.94. The van der Waals surface area contributed by atoms with Crippen LogP contribution < -0.4 is 5.32 Å². The number of aryl methyl sites for hydroxylation is 2. The molecule has 2 saturated heterocycles. The summed E-state index contributed by atoms with van der Waals surface area (Å²) in [5.74, 6) is 1.29. The normalized spacial score (nSPS) is 18.4. The highest BCUT2D eigenvalue weighted by Crippen LogP contribution is 2.31. The zero-order chi connectivity index (χ0) is 22.5. The van der Waals surface area contributed by atoms with Crippen LogP contribution >= 0.6 is 0 Å². The predicted molar refractivity (Wildman–Crippen MR) is 119 cm³/mol. The summed E-state index contributed by atoms with van der Waals surface area (Å²) in [4.78, 5) is 41.6. The number of hydrogen-bond donors (Lipinski definition) is 1. The lowest BCUT2D eigenvalue weighted by atomic mass is 10.1. The van der Waals surface area contributed by atoms with Crippen molar-refractivity contribution in [1.29, 1.82) is 0 Å². The summed E-state index contributed by atoms with van der Waals surface area (Å²) in [7, 11) is 0. The Hall–Kier alpha value is -3.07. The third kappa shape index (κ3) is 5.40. The third-order valence-corrected chi connectivity index (χ3v) is 5.81. The highest BCUT2D eigenvalue weighted by Gasteiger charge is 2.31. The number of likely N-dealkylation sites (tertiary alicyclic amines) is 2. The van der Waals surface area contributed by atoms with Gasteiger partial charge in [0, 0.05) is 37.4 Å².